The van der Waals surface area contributed by atoms with Crippen LogP contribution < -0.4 is 14.8 Å². The van der Waals surface area contributed by atoms with Crippen molar-refractivity contribution in [1.82, 2.24) is 4.98 Å². The fourth-order valence-corrected chi connectivity index (χ4v) is 1.94. The number of amides is 1. The Morgan fingerprint density at radius 1 is 1.15 bits per heavy atom. The number of benzene rings is 1. The van der Waals surface area contributed by atoms with Gasteiger partial charge in [0.25, 0.3) is 5.91 Å². The van der Waals surface area contributed by atoms with E-state index in [1.165, 1.54) is 6.20 Å². The summed E-state index contributed by atoms with van der Waals surface area (Å²) in [5.41, 5.74) is 1.18. The van der Waals surface area contributed by atoms with Crippen LogP contribution in [0.15, 0.2) is 42.7 Å². The number of nitrogens with one attached hydrogen (secondary N) is 1. The second kappa shape index (κ2) is 5.61. The first-order valence-electron chi connectivity index (χ1n) is 6.44. The standard InChI is InChI=1S/C15H14N2O3/c18-15(11-3-1-6-16-10-11)17-12-4-5-13-14(9-12)20-8-2-7-19-13/h1,3-6,9-10H,2,7-8H2,(H,17,18). The van der Waals surface area contributed by atoms with E-state index in [0.717, 1.165) is 6.42 Å². The van der Waals surface area contributed by atoms with Gasteiger partial charge in [0.15, 0.2) is 11.5 Å². The lowest BCUT2D eigenvalue weighted by Gasteiger charge is -2.10. The minimum atomic E-state index is -0.201. The average molecular weight is 270 g/mol. The van der Waals surface area contributed by atoms with Gasteiger partial charge in [-0.2, -0.15) is 0 Å². The van der Waals surface area contributed by atoms with E-state index in [9.17, 15) is 4.79 Å². The average Bonchev–Trinajstić information content (AvgIpc) is 2.73. The molecule has 0 saturated heterocycles. The van der Waals surface area contributed by atoms with Gasteiger partial charge in [0.2, 0.25) is 0 Å². The van der Waals surface area contributed by atoms with E-state index in [2.05, 4.69) is 10.3 Å². The molecule has 1 N–H and O–H groups in total. The molecule has 0 spiro atoms. The Balaban J connectivity index is 1.78. The van der Waals surface area contributed by atoms with Gasteiger partial charge in [-0.15, -0.1) is 0 Å². The number of carbonyl (C=O) groups is 1. The SMILES string of the molecule is O=C(Nc1ccc2c(c1)OCCCO2)c1cccnc1. The lowest BCUT2D eigenvalue weighted by atomic mass is 10.2. The normalized spacial score (nSPS) is 13.4. The van der Waals surface area contributed by atoms with Crippen LogP contribution in [0.3, 0.4) is 0 Å². The number of hydrogen-bond acceptors (Lipinski definition) is 4. The van der Waals surface area contributed by atoms with Gasteiger partial charge in [-0.25, -0.2) is 0 Å². The third-order valence-corrected chi connectivity index (χ3v) is 2.93. The van der Waals surface area contributed by atoms with Crippen molar-refractivity contribution in [3.05, 3.63) is 48.3 Å². The molecular formula is C15H14N2O3. The highest BCUT2D eigenvalue weighted by Gasteiger charge is 2.12. The maximum Gasteiger partial charge on any atom is 0.257 e. The molecule has 3 rings (SSSR count). The van der Waals surface area contributed by atoms with Crippen LogP contribution >= 0.6 is 0 Å². The molecule has 0 saturated carbocycles. The lowest BCUT2D eigenvalue weighted by Crippen LogP contribution is -2.12. The molecule has 5 nitrogen and oxygen atoms in total. The third kappa shape index (κ3) is 2.71. The molecule has 0 atom stereocenters. The fourth-order valence-electron chi connectivity index (χ4n) is 1.94. The molecule has 5 heteroatoms. The Bertz CT molecular complexity index is 614. The molecule has 2 aromatic rings. The highest BCUT2D eigenvalue weighted by Crippen LogP contribution is 2.32. The van der Waals surface area contributed by atoms with Crippen molar-refractivity contribution in [2.24, 2.45) is 0 Å². The second-order valence-electron chi connectivity index (χ2n) is 4.41. The maximum absolute atomic E-state index is 12.0. The second-order valence-corrected chi connectivity index (χ2v) is 4.41. The van der Waals surface area contributed by atoms with Crippen molar-refractivity contribution in [2.45, 2.75) is 6.42 Å². The molecule has 0 aliphatic carbocycles. The number of fused-ring (bicyclic) bond motifs is 1. The summed E-state index contributed by atoms with van der Waals surface area (Å²) in [6.45, 7) is 1.27. The van der Waals surface area contributed by atoms with Crippen LogP contribution in [-0.2, 0) is 0 Å². The highest BCUT2D eigenvalue weighted by molar-refractivity contribution is 6.04. The van der Waals surface area contributed by atoms with Gasteiger partial charge in [-0.1, -0.05) is 0 Å². The number of aromatic nitrogens is 1. The fraction of sp³-hybridized carbons (Fsp3) is 0.200. The Hall–Kier alpha value is -2.56. The maximum atomic E-state index is 12.0. The third-order valence-electron chi connectivity index (χ3n) is 2.93. The van der Waals surface area contributed by atoms with Crippen molar-refractivity contribution in [1.29, 1.82) is 0 Å². The first-order valence-corrected chi connectivity index (χ1v) is 6.44. The zero-order valence-corrected chi connectivity index (χ0v) is 10.8. The predicted octanol–water partition coefficient (Wildman–Crippen LogP) is 2.50. The molecule has 102 valence electrons. The van der Waals surface area contributed by atoms with Gasteiger partial charge in [0, 0.05) is 30.6 Å². The van der Waals surface area contributed by atoms with Crippen LogP contribution in [0.2, 0.25) is 0 Å². The van der Waals surface area contributed by atoms with Gasteiger partial charge in [-0.05, 0) is 24.3 Å². The van der Waals surface area contributed by atoms with Crippen molar-refractivity contribution in [2.75, 3.05) is 18.5 Å². The zero-order valence-electron chi connectivity index (χ0n) is 10.8. The number of pyridine rings is 1. The van der Waals surface area contributed by atoms with E-state index in [0.29, 0.717) is 36.0 Å². The molecule has 2 heterocycles. The molecule has 0 fully saturated rings. The molecule has 1 amide bonds. The smallest absolute Gasteiger partial charge is 0.257 e. The number of rotatable bonds is 2. The van der Waals surface area contributed by atoms with Crippen molar-refractivity contribution in [3.63, 3.8) is 0 Å². The van der Waals surface area contributed by atoms with Crippen LogP contribution in [0.25, 0.3) is 0 Å². The summed E-state index contributed by atoms with van der Waals surface area (Å²) in [5.74, 6) is 1.17. The summed E-state index contributed by atoms with van der Waals surface area (Å²) in [7, 11) is 0. The quantitative estimate of drug-likeness (QED) is 0.910. The monoisotopic (exact) mass is 270 g/mol. The van der Waals surface area contributed by atoms with E-state index in [1.807, 2.05) is 0 Å². The number of ether oxygens (including phenoxy) is 2. The van der Waals surface area contributed by atoms with Crippen LogP contribution in [0.1, 0.15) is 16.8 Å². The molecule has 1 aromatic carbocycles. The van der Waals surface area contributed by atoms with Crippen LogP contribution in [0, 0.1) is 0 Å². The summed E-state index contributed by atoms with van der Waals surface area (Å²) in [4.78, 5) is 16.0. The van der Waals surface area contributed by atoms with Crippen molar-refractivity contribution >= 4 is 11.6 Å². The summed E-state index contributed by atoms with van der Waals surface area (Å²) in [6, 6.07) is 8.81. The highest BCUT2D eigenvalue weighted by atomic mass is 16.5. The molecular weight excluding hydrogens is 256 g/mol. The van der Waals surface area contributed by atoms with Gasteiger partial charge in [0.1, 0.15) is 0 Å². The molecule has 0 radical (unpaired) electrons. The minimum absolute atomic E-state index is 0.201. The predicted molar refractivity (Wildman–Crippen MR) is 74.2 cm³/mol. The Labute approximate surface area is 116 Å². The van der Waals surface area contributed by atoms with Gasteiger partial charge >= 0.3 is 0 Å². The number of nitrogens with zero attached hydrogens (tertiary/aromatic N) is 1. The van der Waals surface area contributed by atoms with Gasteiger partial charge < -0.3 is 14.8 Å². The van der Waals surface area contributed by atoms with E-state index >= 15 is 0 Å². The van der Waals surface area contributed by atoms with Crippen molar-refractivity contribution in [3.8, 4) is 11.5 Å². The molecule has 0 bridgehead atoms. The summed E-state index contributed by atoms with van der Waals surface area (Å²) >= 11 is 0. The van der Waals surface area contributed by atoms with E-state index in [-0.39, 0.29) is 5.91 Å². The lowest BCUT2D eigenvalue weighted by molar-refractivity contribution is 0.102. The van der Waals surface area contributed by atoms with Crippen LogP contribution in [0.5, 0.6) is 11.5 Å². The van der Waals surface area contributed by atoms with Gasteiger partial charge in [-0.3, -0.25) is 9.78 Å². The Kier molecular flexibility index (Phi) is 3.50. The van der Waals surface area contributed by atoms with E-state index < -0.39 is 0 Å². The summed E-state index contributed by atoms with van der Waals surface area (Å²) in [6.07, 6.45) is 4.01. The molecule has 0 unspecified atom stereocenters. The number of hydrogen-bond donors (Lipinski definition) is 1. The van der Waals surface area contributed by atoms with E-state index in [1.54, 1.807) is 36.5 Å². The number of carbonyl (C=O) groups excluding carboxylic acids is 1. The zero-order chi connectivity index (χ0) is 13.8. The minimum Gasteiger partial charge on any atom is -0.490 e. The molecule has 1 aliphatic rings. The summed E-state index contributed by atoms with van der Waals surface area (Å²) in [5, 5.41) is 2.81. The first kappa shape index (κ1) is 12.5. The van der Waals surface area contributed by atoms with Gasteiger partial charge in [0.05, 0.1) is 18.8 Å². The summed E-state index contributed by atoms with van der Waals surface area (Å²) < 4.78 is 11.1. The Morgan fingerprint density at radius 3 is 2.80 bits per heavy atom. The first-order chi connectivity index (χ1) is 9.83. The number of anilines is 1. The molecule has 20 heavy (non-hydrogen) atoms. The van der Waals surface area contributed by atoms with Crippen LogP contribution in [-0.4, -0.2) is 24.1 Å². The largest absolute Gasteiger partial charge is 0.490 e. The molecule has 1 aliphatic heterocycles. The van der Waals surface area contributed by atoms with Crippen LogP contribution in [0.4, 0.5) is 5.69 Å². The van der Waals surface area contributed by atoms with E-state index in [4.69, 9.17) is 9.47 Å². The topological polar surface area (TPSA) is 60.5 Å². The Morgan fingerprint density at radius 2 is 2.00 bits per heavy atom. The molecule has 1 aromatic heterocycles. The van der Waals surface area contributed by atoms with Crippen molar-refractivity contribution < 1.29 is 14.3 Å².